The molecule has 0 atom stereocenters. The standard InChI is InChI=1S/C20H16BrN3O6/c1-11(2)30-17-7-6-13(21)8-12(17)9-16-18(25)22-20(27)23(19(16)26)14-4-3-5-15(10-14)24(28)29/h3-11H,1-2H3,(H,22,25,27)/b16-9+. The van der Waals surface area contributed by atoms with Gasteiger partial charge in [-0.2, -0.15) is 0 Å². The van der Waals surface area contributed by atoms with Crippen molar-refractivity contribution < 1.29 is 24.0 Å². The van der Waals surface area contributed by atoms with E-state index in [4.69, 9.17) is 4.74 Å². The second-order valence-electron chi connectivity index (χ2n) is 6.58. The first kappa shape index (κ1) is 21.2. The smallest absolute Gasteiger partial charge is 0.335 e. The molecule has 0 aromatic heterocycles. The number of amides is 4. The molecule has 2 aromatic carbocycles. The molecule has 0 saturated carbocycles. The van der Waals surface area contributed by atoms with Gasteiger partial charge in [-0.25, -0.2) is 9.69 Å². The number of non-ortho nitro benzene ring substituents is 1. The van der Waals surface area contributed by atoms with E-state index in [1.54, 1.807) is 18.2 Å². The molecule has 10 heteroatoms. The molecule has 30 heavy (non-hydrogen) atoms. The van der Waals surface area contributed by atoms with Crippen molar-refractivity contribution in [3.63, 3.8) is 0 Å². The van der Waals surface area contributed by atoms with Gasteiger partial charge in [0.05, 0.1) is 16.7 Å². The maximum Gasteiger partial charge on any atom is 0.335 e. The maximum atomic E-state index is 13.0. The highest BCUT2D eigenvalue weighted by molar-refractivity contribution is 9.10. The van der Waals surface area contributed by atoms with Gasteiger partial charge in [0.15, 0.2) is 0 Å². The topological polar surface area (TPSA) is 119 Å². The van der Waals surface area contributed by atoms with E-state index >= 15 is 0 Å². The minimum Gasteiger partial charge on any atom is -0.490 e. The van der Waals surface area contributed by atoms with Crippen molar-refractivity contribution in [2.75, 3.05) is 4.90 Å². The Bertz CT molecular complexity index is 1100. The van der Waals surface area contributed by atoms with Crippen molar-refractivity contribution in [1.29, 1.82) is 0 Å². The van der Waals surface area contributed by atoms with Gasteiger partial charge >= 0.3 is 6.03 Å². The number of ether oxygens (including phenoxy) is 1. The van der Waals surface area contributed by atoms with E-state index in [1.165, 1.54) is 24.3 Å². The molecule has 1 saturated heterocycles. The molecule has 1 aliphatic heterocycles. The molecular formula is C20H16BrN3O6. The SMILES string of the molecule is CC(C)Oc1ccc(Br)cc1/C=C1\C(=O)NC(=O)N(c2cccc([N+](=O)[O-])c2)C1=O. The Balaban J connectivity index is 2.06. The van der Waals surface area contributed by atoms with E-state index in [1.807, 2.05) is 13.8 Å². The zero-order chi connectivity index (χ0) is 22.0. The molecule has 4 amide bonds. The highest BCUT2D eigenvalue weighted by Gasteiger charge is 2.37. The summed E-state index contributed by atoms with van der Waals surface area (Å²) in [6, 6.07) is 9.13. The maximum absolute atomic E-state index is 13.0. The average molecular weight is 474 g/mol. The van der Waals surface area contributed by atoms with Crippen molar-refractivity contribution in [1.82, 2.24) is 5.32 Å². The van der Waals surface area contributed by atoms with Gasteiger partial charge in [0.1, 0.15) is 11.3 Å². The summed E-state index contributed by atoms with van der Waals surface area (Å²) < 4.78 is 6.42. The molecule has 1 aliphatic rings. The molecular weight excluding hydrogens is 458 g/mol. The summed E-state index contributed by atoms with van der Waals surface area (Å²) in [6.07, 6.45) is 1.17. The number of rotatable bonds is 5. The Kier molecular flexibility index (Phi) is 5.97. The van der Waals surface area contributed by atoms with Gasteiger partial charge < -0.3 is 4.74 Å². The highest BCUT2D eigenvalue weighted by atomic mass is 79.9. The third kappa shape index (κ3) is 4.38. The molecule has 2 aromatic rings. The van der Waals surface area contributed by atoms with E-state index in [-0.39, 0.29) is 23.1 Å². The average Bonchev–Trinajstić information content (AvgIpc) is 2.67. The molecule has 1 fully saturated rings. The quantitative estimate of drug-likeness (QED) is 0.305. The van der Waals surface area contributed by atoms with E-state index in [9.17, 15) is 24.5 Å². The number of carbonyl (C=O) groups excluding carboxylic acids is 3. The summed E-state index contributed by atoms with van der Waals surface area (Å²) in [5, 5.41) is 13.1. The van der Waals surface area contributed by atoms with Crippen molar-refractivity contribution >= 4 is 51.2 Å². The Morgan fingerprint density at radius 1 is 1.17 bits per heavy atom. The Morgan fingerprint density at radius 2 is 1.90 bits per heavy atom. The number of urea groups is 1. The number of imide groups is 2. The summed E-state index contributed by atoms with van der Waals surface area (Å²) in [5.74, 6) is -1.33. The number of benzene rings is 2. The van der Waals surface area contributed by atoms with Crippen molar-refractivity contribution in [2.24, 2.45) is 0 Å². The molecule has 1 N–H and O–H groups in total. The number of nitro benzene ring substituents is 1. The van der Waals surface area contributed by atoms with Crippen molar-refractivity contribution in [2.45, 2.75) is 20.0 Å². The van der Waals surface area contributed by atoms with E-state index < -0.39 is 22.8 Å². The summed E-state index contributed by atoms with van der Waals surface area (Å²) >= 11 is 3.34. The predicted molar refractivity (Wildman–Crippen MR) is 112 cm³/mol. The van der Waals surface area contributed by atoms with Gasteiger partial charge in [0.2, 0.25) is 0 Å². The van der Waals surface area contributed by atoms with Crippen molar-refractivity contribution in [3.05, 3.63) is 68.2 Å². The van der Waals surface area contributed by atoms with E-state index in [2.05, 4.69) is 21.2 Å². The third-order valence-electron chi connectivity index (χ3n) is 4.03. The first-order chi connectivity index (χ1) is 14.2. The minimum atomic E-state index is -0.990. The van der Waals surface area contributed by atoms with Crippen LogP contribution in [0.25, 0.3) is 6.08 Å². The van der Waals surface area contributed by atoms with E-state index in [0.717, 1.165) is 6.07 Å². The largest absolute Gasteiger partial charge is 0.490 e. The molecule has 0 spiro atoms. The fraction of sp³-hybridized carbons (Fsp3) is 0.150. The fourth-order valence-electron chi connectivity index (χ4n) is 2.79. The third-order valence-corrected chi connectivity index (χ3v) is 4.53. The predicted octanol–water partition coefficient (Wildman–Crippen LogP) is 3.81. The zero-order valence-electron chi connectivity index (χ0n) is 15.9. The lowest BCUT2D eigenvalue weighted by Gasteiger charge is -2.26. The summed E-state index contributed by atoms with van der Waals surface area (Å²) in [5.41, 5.74) is -0.189. The lowest BCUT2D eigenvalue weighted by molar-refractivity contribution is -0.384. The molecule has 1 heterocycles. The Labute approximate surface area is 179 Å². The number of halogens is 1. The van der Waals surface area contributed by atoms with Gasteiger partial charge in [-0.1, -0.05) is 22.0 Å². The van der Waals surface area contributed by atoms with Crippen molar-refractivity contribution in [3.8, 4) is 5.75 Å². The molecule has 0 bridgehead atoms. The fourth-order valence-corrected chi connectivity index (χ4v) is 3.17. The van der Waals surface area contributed by atoms with Crippen LogP contribution in [0, 0.1) is 10.1 Å². The van der Waals surface area contributed by atoms with Crippen LogP contribution in [0.5, 0.6) is 5.75 Å². The number of carbonyl (C=O) groups is 3. The number of nitro groups is 1. The molecule has 154 valence electrons. The molecule has 0 aliphatic carbocycles. The number of hydrogen-bond donors (Lipinski definition) is 1. The Morgan fingerprint density at radius 3 is 2.57 bits per heavy atom. The van der Waals surface area contributed by atoms with Gasteiger partial charge in [-0.3, -0.25) is 25.0 Å². The minimum absolute atomic E-state index is 0.0296. The normalized spacial score (nSPS) is 15.5. The van der Waals surface area contributed by atoms with Gasteiger partial charge in [-0.15, -0.1) is 0 Å². The zero-order valence-corrected chi connectivity index (χ0v) is 17.5. The lowest BCUT2D eigenvalue weighted by atomic mass is 10.1. The van der Waals surface area contributed by atoms with Crippen LogP contribution in [0.4, 0.5) is 16.2 Å². The van der Waals surface area contributed by atoms with Gasteiger partial charge in [0.25, 0.3) is 17.5 Å². The molecule has 0 unspecified atom stereocenters. The number of barbiturate groups is 1. The van der Waals surface area contributed by atoms with Crippen LogP contribution in [-0.2, 0) is 9.59 Å². The van der Waals surface area contributed by atoms with Gasteiger partial charge in [0, 0.05) is 22.2 Å². The molecule has 9 nitrogen and oxygen atoms in total. The van der Waals surface area contributed by atoms with Crippen LogP contribution in [0.2, 0.25) is 0 Å². The summed E-state index contributed by atoms with van der Waals surface area (Å²) in [4.78, 5) is 48.8. The van der Waals surface area contributed by atoms with Crippen LogP contribution in [0.1, 0.15) is 19.4 Å². The first-order valence-electron chi connectivity index (χ1n) is 8.79. The lowest BCUT2D eigenvalue weighted by Crippen LogP contribution is -2.54. The van der Waals surface area contributed by atoms with E-state index in [0.29, 0.717) is 20.7 Å². The first-order valence-corrected chi connectivity index (χ1v) is 9.59. The van der Waals surface area contributed by atoms with Crippen LogP contribution >= 0.6 is 15.9 Å². The second kappa shape index (κ2) is 8.46. The number of nitrogens with zero attached hydrogens (tertiary/aromatic N) is 2. The number of hydrogen-bond acceptors (Lipinski definition) is 6. The summed E-state index contributed by atoms with van der Waals surface area (Å²) in [6.45, 7) is 3.67. The number of anilines is 1. The number of nitrogens with one attached hydrogen (secondary N) is 1. The Hall–Kier alpha value is -3.53. The van der Waals surface area contributed by atoms with Gasteiger partial charge in [-0.05, 0) is 44.2 Å². The molecule has 0 radical (unpaired) electrons. The van der Waals surface area contributed by atoms with Crippen LogP contribution in [0.3, 0.4) is 0 Å². The van der Waals surface area contributed by atoms with Crippen LogP contribution in [-0.4, -0.2) is 28.9 Å². The monoisotopic (exact) mass is 473 g/mol. The van der Waals surface area contributed by atoms with Crippen LogP contribution in [0.15, 0.2) is 52.5 Å². The molecule has 3 rings (SSSR count). The summed E-state index contributed by atoms with van der Waals surface area (Å²) in [7, 11) is 0. The second-order valence-corrected chi connectivity index (χ2v) is 7.50. The van der Waals surface area contributed by atoms with Crippen LogP contribution < -0.4 is 15.0 Å². The highest BCUT2D eigenvalue weighted by Crippen LogP contribution is 2.29.